The molecule has 2 aromatic heterocycles. The van der Waals surface area contributed by atoms with Crippen molar-refractivity contribution in [1.29, 1.82) is 0 Å². The third kappa shape index (κ3) is 1.77. The number of aliphatic hydroxyl groups is 1. The molecule has 1 N–H and O–H groups in total. The van der Waals surface area contributed by atoms with Gasteiger partial charge >= 0.3 is 0 Å². The Morgan fingerprint density at radius 3 is 2.77 bits per heavy atom. The molecule has 0 bridgehead atoms. The molecule has 1 atom stereocenters. The number of hydrogen-bond acceptors (Lipinski definition) is 3. The fraction of sp³-hybridized carbons (Fsp3) is 0.111. The lowest BCUT2D eigenvalue weighted by atomic mass is 10.2. The van der Waals surface area contributed by atoms with Crippen LogP contribution in [0.3, 0.4) is 0 Å². The second-order valence-electron chi connectivity index (χ2n) is 2.56. The molecule has 0 saturated heterocycles. The number of halogens is 1. The van der Waals surface area contributed by atoms with Crippen LogP contribution in [0.25, 0.3) is 0 Å². The molecule has 0 aliphatic heterocycles. The summed E-state index contributed by atoms with van der Waals surface area (Å²) < 4.78 is 5.74. The van der Waals surface area contributed by atoms with E-state index in [1.807, 2.05) is 0 Å². The Morgan fingerprint density at radius 2 is 2.23 bits per heavy atom. The Bertz CT molecular complexity index is 380. The SMILES string of the molecule is OC(c1ccco1)c1ccc(Cl)s1. The number of aliphatic hydroxyl groups excluding tert-OH is 1. The van der Waals surface area contributed by atoms with Gasteiger partial charge in [0.2, 0.25) is 0 Å². The maximum absolute atomic E-state index is 9.75. The maximum atomic E-state index is 9.75. The van der Waals surface area contributed by atoms with Crippen molar-refractivity contribution in [2.24, 2.45) is 0 Å². The lowest BCUT2D eigenvalue weighted by Crippen LogP contribution is -1.93. The molecule has 0 fully saturated rings. The Hall–Kier alpha value is -0.770. The molecule has 13 heavy (non-hydrogen) atoms. The van der Waals surface area contributed by atoms with Crippen molar-refractivity contribution in [1.82, 2.24) is 0 Å². The van der Waals surface area contributed by atoms with Gasteiger partial charge in [-0.15, -0.1) is 11.3 Å². The van der Waals surface area contributed by atoms with E-state index in [4.69, 9.17) is 16.0 Å². The lowest BCUT2D eigenvalue weighted by molar-refractivity contribution is 0.193. The number of thiophene rings is 1. The van der Waals surface area contributed by atoms with Crippen molar-refractivity contribution < 1.29 is 9.52 Å². The predicted octanol–water partition coefficient (Wildman–Crippen LogP) is 3.08. The van der Waals surface area contributed by atoms with Crippen LogP contribution in [0.15, 0.2) is 34.9 Å². The van der Waals surface area contributed by atoms with Gasteiger partial charge in [-0.1, -0.05) is 11.6 Å². The zero-order valence-electron chi connectivity index (χ0n) is 6.61. The van der Waals surface area contributed by atoms with Gasteiger partial charge in [-0.05, 0) is 24.3 Å². The summed E-state index contributed by atoms with van der Waals surface area (Å²) in [6, 6.07) is 7.03. The molecule has 0 amide bonds. The second-order valence-corrected chi connectivity index (χ2v) is 4.31. The van der Waals surface area contributed by atoms with Gasteiger partial charge < -0.3 is 9.52 Å². The van der Waals surface area contributed by atoms with E-state index in [0.717, 1.165) is 4.88 Å². The monoisotopic (exact) mass is 214 g/mol. The molecule has 0 spiro atoms. The van der Waals surface area contributed by atoms with Crippen LogP contribution >= 0.6 is 22.9 Å². The van der Waals surface area contributed by atoms with Gasteiger partial charge in [-0.2, -0.15) is 0 Å². The molecular formula is C9H7ClO2S. The van der Waals surface area contributed by atoms with Gasteiger partial charge in [0.1, 0.15) is 11.9 Å². The fourth-order valence-corrected chi connectivity index (χ4v) is 2.12. The molecular weight excluding hydrogens is 208 g/mol. The van der Waals surface area contributed by atoms with Crippen molar-refractivity contribution in [3.8, 4) is 0 Å². The summed E-state index contributed by atoms with van der Waals surface area (Å²) >= 11 is 7.09. The summed E-state index contributed by atoms with van der Waals surface area (Å²) in [6.07, 6.45) is 0.834. The van der Waals surface area contributed by atoms with E-state index >= 15 is 0 Å². The molecule has 0 radical (unpaired) electrons. The van der Waals surface area contributed by atoms with Gasteiger partial charge in [-0.3, -0.25) is 0 Å². The Labute approximate surface area is 84.4 Å². The van der Waals surface area contributed by atoms with Crippen molar-refractivity contribution >= 4 is 22.9 Å². The number of rotatable bonds is 2. The molecule has 2 nitrogen and oxygen atoms in total. The third-order valence-corrected chi connectivity index (χ3v) is 2.96. The van der Waals surface area contributed by atoms with Crippen molar-refractivity contribution in [2.45, 2.75) is 6.10 Å². The summed E-state index contributed by atoms with van der Waals surface area (Å²) in [7, 11) is 0. The zero-order chi connectivity index (χ0) is 9.26. The van der Waals surface area contributed by atoms with E-state index in [2.05, 4.69) is 0 Å². The van der Waals surface area contributed by atoms with Crippen molar-refractivity contribution in [3.63, 3.8) is 0 Å². The lowest BCUT2D eigenvalue weighted by Gasteiger charge is -2.02. The molecule has 2 heterocycles. The van der Waals surface area contributed by atoms with Crippen molar-refractivity contribution in [2.75, 3.05) is 0 Å². The summed E-state index contributed by atoms with van der Waals surface area (Å²) in [6.45, 7) is 0. The highest BCUT2D eigenvalue weighted by Gasteiger charge is 2.14. The minimum absolute atomic E-state index is 0.540. The fourth-order valence-electron chi connectivity index (χ4n) is 1.06. The molecule has 68 valence electrons. The van der Waals surface area contributed by atoms with Crippen LogP contribution < -0.4 is 0 Å². The van der Waals surface area contributed by atoms with E-state index in [1.54, 1.807) is 24.3 Å². The molecule has 0 saturated carbocycles. The van der Waals surface area contributed by atoms with Crippen LogP contribution in [-0.2, 0) is 0 Å². The standard InChI is InChI=1S/C9H7ClO2S/c10-8-4-3-7(13-8)9(11)6-2-1-5-12-6/h1-5,9,11H. The Balaban J connectivity index is 2.28. The highest BCUT2D eigenvalue weighted by atomic mass is 35.5. The summed E-state index contributed by atoms with van der Waals surface area (Å²) in [4.78, 5) is 0.792. The molecule has 1 unspecified atom stereocenters. The Kier molecular flexibility index (Phi) is 2.40. The van der Waals surface area contributed by atoms with E-state index < -0.39 is 6.10 Å². The number of furan rings is 1. The third-order valence-electron chi connectivity index (χ3n) is 1.68. The molecule has 0 aliphatic carbocycles. The first-order chi connectivity index (χ1) is 6.27. The average molecular weight is 215 g/mol. The van der Waals surface area contributed by atoms with E-state index in [0.29, 0.717) is 10.1 Å². The van der Waals surface area contributed by atoms with E-state index in [1.165, 1.54) is 17.6 Å². The van der Waals surface area contributed by atoms with Crippen LogP contribution in [0.1, 0.15) is 16.7 Å². The minimum atomic E-state index is -0.701. The molecule has 0 aromatic carbocycles. The highest BCUT2D eigenvalue weighted by molar-refractivity contribution is 7.16. The quantitative estimate of drug-likeness (QED) is 0.834. The summed E-state index contributed by atoms with van der Waals surface area (Å²) in [5, 5.41) is 9.75. The molecule has 2 rings (SSSR count). The van der Waals surface area contributed by atoms with Crippen LogP contribution in [-0.4, -0.2) is 5.11 Å². The largest absolute Gasteiger partial charge is 0.466 e. The Morgan fingerprint density at radius 1 is 1.38 bits per heavy atom. The number of hydrogen-bond donors (Lipinski definition) is 1. The predicted molar refractivity (Wildman–Crippen MR) is 52.1 cm³/mol. The molecule has 0 aliphatic rings. The van der Waals surface area contributed by atoms with Gasteiger partial charge in [0, 0.05) is 4.88 Å². The zero-order valence-corrected chi connectivity index (χ0v) is 8.18. The van der Waals surface area contributed by atoms with Gasteiger partial charge in [0.15, 0.2) is 0 Å². The first-order valence-electron chi connectivity index (χ1n) is 3.74. The van der Waals surface area contributed by atoms with E-state index in [-0.39, 0.29) is 0 Å². The first-order valence-corrected chi connectivity index (χ1v) is 4.93. The van der Waals surface area contributed by atoms with Gasteiger partial charge in [0.25, 0.3) is 0 Å². The van der Waals surface area contributed by atoms with Gasteiger partial charge in [0.05, 0.1) is 10.6 Å². The average Bonchev–Trinajstić information content (AvgIpc) is 2.72. The minimum Gasteiger partial charge on any atom is -0.466 e. The maximum Gasteiger partial charge on any atom is 0.146 e. The van der Waals surface area contributed by atoms with Gasteiger partial charge in [-0.25, -0.2) is 0 Å². The molecule has 4 heteroatoms. The second kappa shape index (κ2) is 3.54. The topological polar surface area (TPSA) is 33.4 Å². The van der Waals surface area contributed by atoms with E-state index in [9.17, 15) is 5.11 Å². The summed E-state index contributed by atoms with van der Waals surface area (Å²) in [5.74, 6) is 0.540. The van der Waals surface area contributed by atoms with Crippen LogP contribution in [0.4, 0.5) is 0 Å². The van der Waals surface area contributed by atoms with Crippen LogP contribution in [0.2, 0.25) is 4.34 Å². The molecule has 2 aromatic rings. The normalized spacial score (nSPS) is 13.1. The van der Waals surface area contributed by atoms with Crippen LogP contribution in [0, 0.1) is 0 Å². The highest BCUT2D eigenvalue weighted by Crippen LogP contribution is 2.30. The first kappa shape index (κ1) is 8.81. The van der Waals surface area contributed by atoms with Crippen molar-refractivity contribution in [3.05, 3.63) is 45.5 Å². The van der Waals surface area contributed by atoms with Crippen LogP contribution in [0.5, 0.6) is 0 Å². The smallest absolute Gasteiger partial charge is 0.146 e. The summed E-state index contributed by atoms with van der Waals surface area (Å²) in [5.41, 5.74) is 0.